The molecule has 1 unspecified atom stereocenters. The van der Waals surface area contributed by atoms with Gasteiger partial charge in [0.15, 0.2) is 5.78 Å². The second-order valence-corrected chi connectivity index (χ2v) is 13.2. The van der Waals surface area contributed by atoms with Crippen LogP contribution in [0.1, 0.15) is 73.8 Å². The first kappa shape index (κ1) is 34.6. The van der Waals surface area contributed by atoms with E-state index in [1.54, 1.807) is 11.0 Å². The largest absolute Gasteiger partial charge is 0.487 e. The van der Waals surface area contributed by atoms with Crippen LogP contribution in [0.15, 0.2) is 91.0 Å². The van der Waals surface area contributed by atoms with E-state index in [-0.39, 0.29) is 23.5 Å². The molecule has 1 heterocycles. The Morgan fingerprint density at radius 3 is 2.12 bits per heavy atom. The van der Waals surface area contributed by atoms with Gasteiger partial charge in [-0.1, -0.05) is 100.0 Å². The van der Waals surface area contributed by atoms with Crippen LogP contribution in [-0.2, 0) is 33.8 Å². The van der Waals surface area contributed by atoms with Gasteiger partial charge in [-0.25, -0.2) is 0 Å². The summed E-state index contributed by atoms with van der Waals surface area (Å²) in [5, 5.41) is 3.10. The molecule has 0 bridgehead atoms. The molecule has 0 saturated carbocycles. The number of rotatable bonds is 13. The Hall–Kier alpha value is -4.78. The molecule has 1 N–H and O–H groups in total. The number of aromatic nitrogens is 1. The highest BCUT2D eigenvalue weighted by atomic mass is 16.5. The van der Waals surface area contributed by atoms with E-state index in [9.17, 15) is 14.4 Å². The van der Waals surface area contributed by atoms with E-state index >= 15 is 0 Å². The van der Waals surface area contributed by atoms with Gasteiger partial charge in [0.2, 0.25) is 5.91 Å². The van der Waals surface area contributed by atoms with Crippen LogP contribution in [-0.4, -0.2) is 33.5 Å². The van der Waals surface area contributed by atoms with Gasteiger partial charge in [-0.3, -0.25) is 19.4 Å². The van der Waals surface area contributed by atoms with Crippen molar-refractivity contribution in [2.75, 3.05) is 5.32 Å². The minimum Gasteiger partial charge on any atom is -0.487 e. The Morgan fingerprint density at radius 1 is 0.875 bits per heavy atom. The zero-order valence-electron chi connectivity index (χ0n) is 28.9. The Morgan fingerprint density at radius 2 is 1.50 bits per heavy atom. The number of hydrogen-bond donors (Lipinski definition) is 1. The number of para-hydroxylation sites is 2. The average molecular weight is 646 g/mol. The highest BCUT2D eigenvalue weighted by molar-refractivity contribution is 6.00. The SMILES string of the molecule is CC[C@H](C)[C@H](C(C)=O)N(C(=O)[C@H](C)C1Cc2ccccc2C1)C(C(=O)Nc1ccccc1OCc1ccccc1)c1ccc(C)nc1C. The Kier molecular flexibility index (Phi) is 11.1. The van der Waals surface area contributed by atoms with E-state index in [0.29, 0.717) is 35.7 Å². The second kappa shape index (κ2) is 15.4. The van der Waals surface area contributed by atoms with Crippen LogP contribution < -0.4 is 10.1 Å². The number of nitrogens with zero attached hydrogens (tertiary/aromatic N) is 2. The van der Waals surface area contributed by atoms with Crippen LogP contribution in [0, 0.1) is 31.6 Å². The van der Waals surface area contributed by atoms with Crippen LogP contribution in [0.4, 0.5) is 5.69 Å². The van der Waals surface area contributed by atoms with Crippen LogP contribution in [0.5, 0.6) is 5.75 Å². The van der Waals surface area contributed by atoms with Crippen LogP contribution in [0.25, 0.3) is 0 Å². The maximum atomic E-state index is 15.0. The van der Waals surface area contributed by atoms with Crippen LogP contribution in [0.2, 0.25) is 0 Å². The fourth-order valence-electron chi connectivity index (χ4n) is 6.94. The lowest BCUT2D eigenvalue weighted by atomic mass is 9.85. The van der Waals surface area contributed by atoms with Crippen molar-refractivity contribution < 1.29 is 19.1 Å². The first-order valence-corrected chi connectivity index (χ1v) is 17.0. The molecule has 0 saturated heterocycles. The van der Waals surface area contributed by atoms with E-state index in [0.717, 1.165) is 24.1 Å². The van der Waals surface area contributed by atoms with E-state index in [2.05, 4.69) is 17.4 Å². The number of carbonyl (C=O) groups excluding carboxylic acids is 3. The zero-order chi connectivity index (χ0) is 34.4. The number of benzene rings is 3. The first-order valence-electron chi connectivity index (χ1n) is 17.0. The summed E-state index contributed by atoms with van der Waals surface area (Å²) in [5.41, 5.74) is 6.00. The average Bonchev–Trinajstić information content (AvgIpc) is 3.52. The molecule has 250 valence electrons. The molecule has 1 aliphatic rings. The monoisotopic (exact) mass is 645 g/mol. The van der Waals surface area contributed by atoms with Crippen molar-refractivity contribution in [3.63, 3.8) is 0 Å². The highest BCUT2D eigenvalue weighted by Gasteiger charge is 2.44. The molecule has 0 fully saturated rings. The maximum absolute atomic E-state index is 15.0. The third kappa shape index (κ3) is 7.67. The molecular formula is C41H47N3O4. The Balaban J connectivity index is 1.56. The zero-order valence-corrected chi connectivity index (χ0v) is 28.9. The van der Waals surface area contributed by atoms with Crippen molar-refractivity contribution in [2.24, 2.45) is 17.8 Å². The summed E-state index contributed by atoms with van der Waals surface area (Å²) in [4.78, 5) is 49.6. The number of nitrogens with one attached hydrogen (secondary N) is 1. The molecule has 7 heteroatoms. The minimum atomic E-state index is -1.11. The Bertz CT molecular complexity index is 1730. The fourth-order valence-corrected chi connectivity index (χ4v) is 6.94. The molecule has 4 atom stereocenters. The minimum absolute atomic E-state index is 0.0509. The number of carbonyl (C=O) groups is 3. The summed E-state index contributed by atoms with van der Waals surface area (Å²) < 4.78 is 6.17. The summed E-state index contributed by atoms with van der Waals surface area (Å²) in [5.74, 6) is -0.843. The molecule has 1 aromatic heterocycles. The standard InChI is InChI=1S/C41H47N3O4/c1-7-26(2)38(30(6)45)44(41(47)28(4)34-23-32-17-11-12-18-33(32)24-34)39(35-22-21-27(3)42-29(35)5)40(46)43-36-19-13-14-20-37(36)48-25-31-15-9-8-10-16-31/h8-22,26,28,34,38-39H,7,23-25H2,1-6H3,(H,43,46)/t26-,28+,38+,39?/m0/s1. The van der Waals surface area contributed by atoms with Crippen molar-refractivity contribution in [1.82, 2.24) is 9.88 Å². The van der Waals surface area contributed by atoms with Gasteiger partial charge in [-0.15, -0.1) is 0 Å². The quantitative estimate of drug-likeness (QED) is 0.160. The summed E-state index contributed by atoms with van der Waals surface area (Å²) in [6, 6.07) is 27.2. The molecule has 5 rings (SSSR count). The van der Waals surface area contributed by atoms with Crippen molar-refractivity contribution >= 4 is 23.3 Å². The van der Waals surface area contributed by atoms with Gasteiger partial charge >= 0.3 is 0 Å². The summed E-state index contributed by atoms with van der Waals surface area (Å²) in [6.07, 6.45) is 2.21. The van der Waals surface area contributed by atoms with Crippen molar-refractivity contribution in [1.29, 1.82) is 0 Å². The highest BCUT2D eigenvalue weighted by Crippen LogP contribution is 2.38. The van der Waals surface area contributed by atoms with Gasteiger partial charge in [0, 0.05) is 22.9 Å². The topological polar surface area (TPSA) is 88.6 Å². The number of fused-ring (bicyclic) bond motifs is 1. The molecule has 7 nitrogen and oxygen atoms in total. The molecule has 48 heavy (non-hydrogen) atoms. The lowest BCUT2D eigenvalue weighted by Gasteiger charge is -2.41. The number of amides is 2. The predicted molar refractivity (Wildman–Crippen MR) is 190 cm³/mol. The van der Waals surface area contributed by atoms with Gasteiger partial charge < -0.3 is 15.0 Å². The molecule has 0 aliphatic heterocycles. The van der Waals surface area contributed by atoms with E-state index in [1.807, 2.05) is 107 Å². The normalized spacial score (nSPS) is 15.1. The Labute approximate surface area is 284 Å². The van der Waals surface area contributed by atoms with Crippen LogP contribution in [0.3, 0.4) is 0 Å². The summed E-state index contributed by atoms with van der Waals surface area (Å²) in [7, 11) is 0. The molecule has 1 aliphatic carbocycles. The lowest BCUT2D eigenvalue weighted by molar-refractivity contribution is -0.151. The first-order chi connectivity index (χ1) is 23.1. The second-order valence-electron chi connectivity index (χ2n) is 13.2. The van der Waals surface area contributed by atoms with Crippen LogP contribution >= 0.6 is 0 Å². The van der Waals surface area contributed by atoms with Gasteiger partial charge in [0.25, 0.3) is 5.91 Å². The third-order valence-corrected chi connectivity index (χ3v) is 9.80. The maximum Gasteiger partial charge on any atom is 0.252 e. The number of Topliss-reactive ketones (excluding diaryl/α,β-unsaturated/α-hetero) is 1. The molecule has 0 radical (unpaired) electrons. The molecular weight excluding hydrogens is 598 g/mol. The molecule has 2 amide bonds. The smallest absolute Gasteiger partial charge is 0.252 e. The van der Waals surface area contributed by atoms with E-state index < -0.39 is 23.9 Å². The number of pyridine rings is 1. The summed E-state index contributed by atoms with van der Waals surface area (Å²) >= 11 is 0. The van der Waals surface area contributed by atoms with E-state index in [4.69, 9.17) is 9.72 Å². The molecule has 3 aromatic carbocycles. The van der Waals surface area contributed by atoms with E-state index in [1.165, 1.54) is 18.1 Å². The molecule has 0 spiro atoms. The number of aryl methyl sites for hydroxylation is 2. The van der Waals surface area contributed by atoms with Gasteiger partial charge in [-0.05, 0) is 80.3 Å². The number of ether oxygens (including phenoxy) is 1. The number of hydrogen-bond acceptors (Lipinski definition) is 5. The van der Waals surface area contributed by atoms with Gasteiger partial charge in [0.05, 0.1) is 11.7 Å². The lowest BCUT2D eigenvalue weighted by Crippen LogP contribution is -2.55. The van der Waals surface area contributed by atoms with Crippen molar-refractivity contribution in [3.05, 3.63) is 125 Å². The van der Waals surface area contributed by atoms with Gasteiger partial charge in [0.1, 0.15) is 18.4 Å². The van der Waals surface area contributed by atoms with Crippen molar-refractivity contribution in [2.45, 2.75) is 79.5 Å². The molecule has 4 aromatic rings. The fraction of sp³-hybridized carbons (Fsp3) is 0.366. The summed E-state index contributed by atoms with van der Waals surface area (Å²) in [6.45, 7) is 11.5. The third-order valence-electron chi connectivity index (χ3n) is 9.80. The van der Waals surface area contributed by atoms with Gasteiger partial charge in [-0.2, -0.15) is 0 Å². The van der Waals surface area contributed by atoms with Crippen molar-refractivity contribution in [3.8, 4) is 5.75 Å². The number of anilines is 1. The predicted octanol–water partition coefficient (Wildman–Crippen LogP) is 7.84. The number of ketones is 1.